The van der Waals surface area contributed by atoms with Gasteiger partial charge in [0.25, 0.3) is 5.56 Å². The minimum Gasteiger partial charge on any atom is -0.382 e. The summed E-state index contributed by atoms with van der Waals surface area (Å²) in [7, 11) is 0. The topological polar surface area (TPSA) is 177 Å². The van der Waals surface area contributed by atoms with Gasteiger partial charge in [0.15, 0.2) is 5.82 Å². The molecule has 0 radical (unpaired) electrons. The Labute approximate surface area is 197 Å². The number of aromatic amines is 1. The maximum Gasteiger partial charge on any atom is 0.267 e. The summed E-state index contributed by atoms with van der Waals surface area (Å²) < 4.78 is 1.39. The third-order valence-corrected chi connectivity index (χ3v) is 5.58. The number of nitrogen functional groups attached to an aromatic ring is 2. The zero-order valence-electron chi connectivity index (χ0n) is 17.3. The molecule has 1 atom stereocenters. The molecule has 0 saturated carbocycles. The largest absolute Gasteiger partial charge is 0.382 e. The predicted octanol–water partition coefficient (Wildman–Crippen LogP) is 3.19. The lowest BCUT2D eigenvalue weighted by Gasteiger charge is -2.23. The number of nitriles is 1. The Hall–Kier alpha value is -3.88. The van der Waals surface area contributed by atoms with Crippen LogP contribution in [0.2, 0.25) is 10.0 Å². The van der Waals surface area contributed by atoms with E-state index >= 15 is 0 Å². The highest BCUT2D eigenvalue weighted by molar-refractivity contribution is 6.39. The van der Waals surface area contributed by atoms with Crippen LogP contribution in [0.5, 0.6) is 0 Å². The lowest BCUT2D eigenvalue weighted by molar-refractivity contribution is 0.615. The van der Waals surface area contributed by atoms with Crippen LogP contribution in [0, 0.1) is 11.3 Å². The molecule has 0 aliphatic heterocycles. The van der Waals surface area contributed by atoms with Crippen molar-refractivity contribution in [1.29, 1.82) is 5.26 Å². The fraction of sp³-hybridized carbons (Fsp3) is 0.200. The molecular formula is C20H18Cl2N10O. The van der Waals surface area contributed by atoms with E-state index in [1.54, 1.807) is 18.3 Å². The van der Waals surface area contributed by atoms with Crippen LogP contribution in [0.3, 0.4) is 0 Å². The summed E-state index contributed by atoms with van der Waals surface area (Å²) in [6.07, 6.45) is 4.27. The smallest absolute Gasteiger partial charge is 0.267 e. The number of H-pyrrole nitrogens is 1. The molecule has 0 aliphatic carbocycles. The molecule has 168 valence electrons. The Morgan fingerprint density at radius 3 is 2.67 bits per heavy atom. The summed E-state index contributed by atoms with van der Waals surface area (Å²) in [6.45, 7) is 1.97. The number of aromatic nitrogens is 6. The van der Waals surface area contributed by atoms with Crippen molar-refractivity contribution in [3.63, 3.8) is 0 Å². The van der Waals surface area contributed by atoms with Crippen molar-refractivity contribution < 1.29 is 0 Å². The second-order valence-corrected chi connectivity index (χ2v) is 7.92. The van der Waals surface area contributed by atoms with Gasteiger partial charge >= 0.3 is 0 Å². The first-order valence-electron chi connectivity index (χ1n) is 9.85. The standard InChI is InChI=1S/C20H18Cl2N10O/c1-2-3-13(28-17-10(6-23)16(24)30-20(25)31-17)18-29-15-12(22)5-4-11(21)14(15)19(33)32(18)9-7-26-27-8-9/h4-5,7-8,13H,2-3H2,1H3,(H,26,27)(H5,24,25,28,30,31). The van der Waals surface area contributed by atoms with Crippen molar-refractivity contribution in [3.8, 4) is 11.8 Å². The van der Waals surface area contributed by atoms with Gasteiger partial charge in [0.05, 0.1) is 38.9 Å². The van der Waals surface area contributed by atoms with Crippen LogP contribution in [-0.2, 0) is 0 Å². The third kappa shape index (κ3) is 4.02. The van der Waals surface area contributed by atoms with Crippen molar-refractivity contribution in [2.75, 3.05) is 16.8 Å². The van der Waals surface area contributed by atoms with E-state index < -0.39 is 11.6 Å². The number of nitrogens with one attached hydrogen (secondary N) is 2. The van der Waals surface area contributed by atoms with Crippen LogP contribution in [0.25, 0.3) is 16.6 Å². The molecule has 0 fully saturated rings. The lowest BCUT2D eigenvalue weighted by Crippen LogP contribution is -2.29. The van der Waals surface area contributed by atoms with Gasteiger partial charge in [0.1, 0.15) is 23.3 Å². The molecule has 3 aromatic heterocycles. The highest BCUT2D eigenvalue weighted by atomic mass is 35.5. The number of nitrogens with zero attached hydrogens (tertiary/aromatic N) is 6. The van der Waals surface area contributed by atoms with Crippen molar-refractivity contribution in [1.82, 2.24) is 29.7 Å². The molecule has 0 aliphatic rings. The van der Waals surface area contributed by atoms with Crippen molar-refractivity contribution in [2.45, 2.75) is 25.8 Å². The third-order valence-electron chi connectivity index (χ3n) is 4.96. The molecule has 3 heterocycles. The number of rotatable bonds is 6. The van der Waals surface area contributed by atoms with E-state index in [0.29, 0.717) is 24.4 Å². The normalized spacial score (nSPS) is 11.9. The van der Waals surface area contributed by atoms with E-state index in [9.17, 15) is 10.1 Å². The monoisotopic (exact) mass is 484 g/mol. The van der Waals surface area contributed by atoms with Gasteiger partial charge < -0.3 is 16.8 Å². The fourth-order valence-electron chi connectivity index (χ4n) is 3.51. The molecule has 1 unspecified atom stereocenters. The van der Waals surface area contributed by atoms with Crippen molar-refractivity contribution in [3.05, 3.63) is 56.3 Å². The van der Waals surface area contributed by atoms with Gasteiger partial charge in [-0.15, -0.1) is 0 Å². The Morgan fingerprint density at radius 1 is 1.24 bits per heavy atom. The van der Waals surface area contributed by atoms with Crippen molar-refractivity contribution in [2.24, 2.45) is 0 Å². The molecule has 1 aromatic carbocycles. The van der Waals surface area contributed by atoms with E-state index in [2.05, 4.69) is 25.5 Å². The SMILES string of the molecule is CCCC(Nc1nc(N)nc(N)c1C#N)c1nc2c(Cl)ccc(Cl)c2c(=O)n1-c1cn[nH]c1. The second kappa shape index (κ2) is 8.93. The van der Waals surface area contributed by atoms with E-state index in [1.165, 1.54) is 10.8 Å². The number of hydrogen-bond acceptors (Lipinski definition) is 9. The Bertz CT molecular complexity index is 1440. The molecule has 0 spiro atoms. The number of hydrogen-bond donors (Lipinski definition) is 4. The zero-order chi connectivity index (χ0) is 23.7. The summed E-state index contributed by atoms with van der Waals surface area (Å²) in [5.74, 6) is 0.292. The highest BCUT2D eigenvalue weighted by Crippen LogP contribution is 2.31. The molecule has 4 rings (SSSR count). The first-order valence-corrected chi connectivity index (χ1v) is 10.6. The van der Waals surface area contributed by atoms with Crippen molar-refractivity contribution >= 4 is 51.7 Å². The summed E-state index contributed by atoms with van der Waals surface area (Å²) in [4.78, 5) is 26.3. The van der Waals surface area contributed by atoms with Crippen LogP contribution in [0.1, 0.15) is 37.2 Å². The number of fused-ring (bicyclic) bond motifs is 1. The molecule has 0 bridgehead atoms. The minimum atomic E-state index is -0.585. The van der Waals surface area contributed by atoms with Crippen LogP contribution in [-0.4, -0.2) is 29.7 Å². The summed E-state index contributed by atoms with van der Waals surface area (Å²) in [6, 6.07) is 4.51. The first kappa shape index (κ1) is 22.3. The van der Waals surface area contributed by atoms with Gasteiger partial charge in [-0.2, -0.15) is 20.3 Å². The predicted molar refractivity (Wildman–Crippen MR) is 126 cm³/mol. The first-order chi connectivity index (χ1) is 15.8. The van der Waals surface area contributed by atoms with Crippen LogP contribution in [0.4, 0.5) is 17.6 Å². The van der Waals surface area contributed by atoms with E-state index in [0.717, 1.165) is 0 Å². The molecule has 11 nitrogen and oxygen atoms in total. The van der Waals surface area contributed by atoms with Gasteiger partial charge in [-0.25, -0.2) is 4.98 Å². The summed E-state index contributed by atoms with van der Waals surface area (Å²) in [5, 5.41) is 20.0. The summed E-state index contributed by atoms with van der Waals surface area (Å²) >= 11 is 12.7. The molecule has 4 aromatic rings. The maximum absolute atomic E-state index is 13.6. The maximum atomic E-state index is 13.6. The Morgan fingerprint density at radius 2 is 2.00 bits per heavy atom. The quantitative estimate of drug-likeness (QED) is 0.319. The average Bonchev–Trinajstić information content (AvgIpc) is 3.29. The Balaban J connectivity index is 2.00. The highest BCUT2D eigenvalue weighted by Gasteiger charge is 2.25. The molecular weight excluding hydrogens is 467 g/mol. The van der Waals surface area contributed by atoms with Gasteiger partial charge in [0.2, 0.25) is 5.95 Å². The molecule has 6 N–H and O–H groups in total. The van der Waals surface area contributed by atoms with E-state index in [-0.39, 0.29) is 44.1 Å². The van der Waals surface area contributed by atoms with Gasteiger partial charge in [-0.1, -0.05) is 36.5 Å². The average molecular weight is 485 g/mol. The minimum absolute atomic E-state index is 0.0318. The number of halogens is 2. The van der Waals surface area contributed by atoms with E-state index in [4.69, 9.17) is 39.7 Å². The van der Waals surface area contributed by atoms with Gasteiger partial charge in [-0.3, -0.25) is 14.5 Å². The lowest BCUT2D eigenvalue weighted by atomic mass is 10.1. The fourth-order valence-corrected chi connectivity index (χ4v) is 3.95. The zero-order valence-corrected chi connectivity index (χ0v) is 18.8. The molecule has 33 heavy (non-hydrogen) atoms. The van der Waals surface area contributed by atoms with Crippen LogP contribution >= 0.6 is 23.2 Å². The molecule has 0 saturated heterocycles. The van der Waals surface area contributed by atoms with E-state index in [1.807, 2.05) is 13.0 Å². The van der Waals surface area contributed by atoms with Crippen LogP contribution < -0.4 is 22.3 Å². The van der Waals surface area contributed by atoms with Crippen LogP contribution in [0.15, 0.2) is 29.3 Å². The number of nitrogens with two attached hydrogens (primary N) is 2. The second-order valence-electron chi connectivity index (χ2n) is 7.11. The van der Waals surface area contributed by atoms with Gasteiger partial charge in [-0.05, 0) is 18.6 Å². The molecule has 0 amide bonds. The number of benzene rings is 1. The van der Waals surface area contributed by atoms with Gasteiger partial charge in [0, 0.05) is 6.20 Å². The summed E-state index contributed by atoms with van der Waals surface area (Å²) in [5.41, 5.74) is 11.9. The Kier molecular flexibility index (Phi) is 6.04. The molecule has 13 heteroatoms. The number of anilines is 3.